The Kier molecular flexibility index (Phi) is 6.50. The van der Waals surface area contributed by atoms with Gasteiger partial charge in [-0.1, -0.05) is 109 Å². The van der Waals surface area contributed by atoms with Crippen molar-refractivity contribution < 1.29 is 8.42 Å². The van der Waals surface area contributed by atoms with Crippen LogP contribution in [0.15, 0.2) is 126 Å². The fraction of sp³-hybridized carbons (Fsp3) is 0.0370. The van der Waals surface area contributed by atoms with Crippen molar-refractivity contribution in [3.63, 3.8) is 0 Å². The van der Waals surface area contributed by atoms with Gasteiger partial charge in [0, 0.05) is 4.48 Å². The first-order valence-corrected chi connectivity index (χ1v) is 12.3. The molecule has 1 unspecified atom stereocenters. The number of rotatable bonds is 6. The minimum absolute atomic E-state index is 0.297. The van der Waals surface area contributed by atoms with Crippen LogP contribution < -0.4 is 0 Å². The van der Waals surface area contributed by atoms with Gasteiger partial charge in [0.15, 0.2) is 9.84 Å². The summed E-state index contributed by atoms with van der Waals surface area (Å²) in [6.07, 6.45) is 0. The second-order valence-electron chi connectivity index (χ2n) is 7.11. The molecule has 31 heavy (non-hydrogen) atoms. The van der Waals surface area contributed by atoms with Gasteiger partial charge in [0.05, 0.1) is 4.90 Å². The molecule has 4 heteroatoms. The maximum absolute atomic E-state index is 14.0. The molecule has 0 bridgehead atoms. The molecule has 0 fully saturated rings. The lowest BCUT2D eigenvalue weighted by atomic mass is 9.95. The molecule has 0 spiro atoms. The van der Waals surface area contributed by atoms with Crippen LogP contribution in [0, 0.1) is 0 Å². The normalized spacial score (nSPS) is 13.3. The third-order valence-electron chi connectivity index (χ3n) is 5.10. The first-order chi connectivity index (χ1) is 15.1. The summed E-state index contributed by atoms with van der Waals surface area (Å²) in [5, 5.41) is -0.881. The van der Waals surface area contributed by atoms with E-state index in [1.165, 1.54) is 0 Å². The number of benzene rings is 4. The van der Waals surface area contributed by atoms with Gasteiger partial charge in [0.2, 0.25) is 0 Å². The van der Waals surface area contributed by atoms with Crippen LogP contribution in [0.1, 0.15) is 21.9 Å². The van der Waals surface area contributed by atoms with Crippen LogP contribution in [-0.4, -0.2) is 8.42 Å². The zero-order valence-electron chi connectivity index (χ0n) is 16.7. The topological polar surface area (TPSA) is 34.1 Å². The van der Waals surface area contributed by atoms with Crippen LogP contribution in [0.3, 0.4) is 0 Å². The average Bonchev–Trinajstić information content (AvgIpc) is 2.84. The Morgan fingerprint density at radius 1 is 0.581 bits per heavy atom. The molecule has 4 rings (SSSR count). The SMILES string of the molecule is O=S(=O)(c1ccccc1)C(/C(=C(\Br)c1ccccc1)c1ccccc1)c1ccccc1. The number of hydrogen-bond acceptors (Lipinski definition) is 2. The van der Waals surface area contributed by atoms with Crippen LogP contribution in [0.5, 0.6) is 0 Å². The maximum Gasteiger partial charge on any atom is 0.189 e. The Labute approximate surface area is 192 Å². The van der Waals surface area contributed by atoms with Crippen molar-refractivity contribution in [2.75, 3.05) is 0 Å². The van der Waals surface area contributed by atoms with Crippen molar-refractivity contribution in [1.82, 2.24) is 0 Å². The minimum Gasteiger partial charge on any atom is -0.223 e. The third kappa shape index (κ3) is 4.55. The molecule has 4 aromatic rings. The molecule has 0 N–H and O–H groups in total. The highest BCUT2D eigenvalue weighted by molar-refractivity contribution is 9.15. The molecule has 0 amide bonds. The molecule has 0 aliphatic heterocycles. The monoisotopic (exact) mass is 488 g/mol. The molecule has 0 aliphatic rings. The van der Waals surface area contributed by atoms with Crippen molar-refractivity contribution in [3.8, 4) is 0 Å². The van der Waals surface area contributed by atoms with E-state index in [1.54, 1.807) is 24.3 Å². The molecule has 0 saturated carbocycles. The minimum atomic E-state index is -3.74. The van der Waals surface area contributed by atoms with Gasteiger partial charge in [-0.15, -0.1) is 0 Å². The van der Waals surface area contributed by atoms with E-state index in [2.05, 4.69) is 15.9 Å². The Bertz CT molecular complexity index is 1270. The Morgan fingerprint density at radius 2 is 1.00 bits per heavy atom. The number of hydrogen-bond donors (Lipinski definition) is 0. The van der Waals surface area contributed by atoms with Gasteiger partial charge < -0.3 is 0 Å². The van der Waals surface area contributed by atoms with E-state index in [9.17, 15) is 8.42 Å². The van der Waals surface area contributed by atoms with E-state index in [-0.39, 0.29) is 0 Å². The van der Waals surface area contributed by atoms with Gasteiger partial charge in [-0.3, -0.25) is 0 Å². The molecule has 2 nitrogen and oxygen atoms in total. The zero-order chi connectivity index (χ0) is 21.7. The molecular formula is C27H21BrO2S. The lowest BCUT2D eigenvalue weighted by Crippen LogP contribution is -2.16. The summed E-state index contributed by atoms with van der Waals surface area (Å²) < 4.78 is 28.8. The maximum atomic E-state index is 14.0. The van der Waals surface area contributed by atoms with Gasteiger partial charge in [0.1, 0.15) is 5.25 Å². The fourth-order valence-corrected chi connectivity index (χ4v) is 6.39. The standard InChI is InChI=1S/C27H21BrO2S/c28-26(22-15-7-2-8-16-22)25(21-13-5-1-6-14-21)27(23-17-9-3-10-18-23)31(29,30)24-19-11-4-12-20-24/h1-20,27H/b26-25-. The first kappa shape index (κ1) is 21.3. The first-order valence-electron chi connectivity index (χ1n) is 9.93. The average molecular weight is 489 g/mol. The molecular weight excluding hydrogens is 468 g/mol. The van der Waals surface area contributed by atoms with Crippen molar-refractivity contribution in [2.24, 2.45) is 0 Å². The van der Waals surface area contributed by atoms with E-state index in [1.807, 2.05) is 97.1 Å². The third-order valence-corrected chi connectivity index (χ3v) is 8.04. The van der Waals surface area contributed by atoms with Gasteiger partial charge in [-0.05, 0) is 50.3 Å². The largest absolute Gasteiger partial charge is 0.223 e. The molecule has 0 radical (unpaired) electrons. The Hall–Kier alpha value is -2.95. The smallest absolute Gasteiger partial charge is 0.189 e. The van der Waals surface area contributed by atoms with Crippen LogP contribution in [-0.2, 0) is 9.84 Å². The highest BCUT2D eigenvalue weighted by Crippen LogP contribution is 2.45. The molecule has 0 aromatic heterocycles. The Balaban J connectivity index is 2.05. The van der Waals surface area contributed by atoms with Crippen LogP contribution in [0.25, 0.3) is 10.1 Å². The van der Waals surface area contributed by atoms with Crippen molar-refractivity contribution in [3.05, 3.63) is 138 Å². The summed E-state index contributed by atoms with van der Waals surface area (Å²) >= 11 is 3.77. The number of sulfone groups is 1. The second-order valence-corrected chi connectivity index (χ2v) is 9.93. The molecule has 1 atom stereocenters. The van der Waals surface area contributed by atoms with Crippen molar-refractivity contribution >= 4 is 35.8 Å². The lowest BCUT2D eigenvalue weighted by Gasteiger charge is -2.24. The Morgan fingerprint density at radius 3 is 1.52 bits per heavy atom. The summed E-state index contributed by atoms with van der Waals surface area (Å²) in [4.78, 5) is 0.297. The highest BCUT2D eigenvalue weighted by Gasteiger charge is 2.34. The van der Waals surface area contributed by atoms with E-state index < -0.39 is 15.1 Å². The highest BCUT2D eigenvalue weighted by atomic mass is 79.9. The van der Waals surface area contributed by atoms with Gasteiger partial charge in [-0.2, -0.15) is 0 Å². The van der Waals surface area contributed by atoms with Crippen LogP contribution in [0.2, 0.25) is 0 Å². The van der Waals surface area contributed by atoms with Crippen LogP contribution >= 0.6 is 15.9 Å². The summed E-state index contributed by atoms with van der Waals surface area (Å²) in [5.41, 5.74) is 3.21. The van der Waals surface area contributed by atoms with E-state index in [0.717, 1.165) is 21.2 Å². The number of halogens is 1. The van der Waals surface area contributed by atoms with E-state index in [4.69, 9.17) is 0 Å². The van der Waals surface area contributed by atoms with Gasteiger partial charge in [-0.25, -0.2) is 8.42 Å². The fourth-order valence-electron chi connectivity index (χ4n) is 3.63. The quantitative estimate of drug-likeness (QED) is 0.269. The summed E-state index contributed by atoms with van der Waals surface area (Å²) in [7, 11) is -3.74. The van der Waals surface area contributed by atoms with Gasteiger partial charge in [0.25, 0.3) is 0 Å². The van der Waals surface area contributed by atoms with Crippen LogP contribution in [0.4, 0.5) is 0 Å². The lowest BCUT2D eigenvalue weighted by molar-refractivity contribution is 0.591. The van der Waals surface area contributed by atoms with Gasteiger partial charge >= 0.3 is 0 Å². The zero-order valence-corrected chi connectivity index (χ0v) is 19.1. The molecule has 0 saturated heterocycles. The van der Waals surface area contributed by atoms with Crippen molar-refractivity contribution in [1.29, 1.82) is 0 Å². The molecule has 154 valence electrons. The summed E-state index contributed by atoms with van der Waals surface area (Å²) in [5.74, 6) is 0. The second kappa shape index (κ2) is 9.46. The van der Waals surface area contributed by atoms with Crippen molar-refractivity contribution in [2.45, 2.75) is 10.1 Å². The predicted molar refractivity (Wildman–Crippen MR) is 131 cm³/mol. The summed E-state index contributed by atoms with van der Waals surface area (Å²) in [6, 6.07) is 37.5. The van der Waals surface area contributed by atoms with E-state index in [0.29, 0.717) is 10.5 Å². The molecule has 4 aromatic carbocycles. The molecule has 0 heterocycles. The molecule has 0 aliphatic carbocycles. The summed E-state index contributed by atoms with van der Waals surface area (Å²) in [6.45, 7) is 0. The predicted octanol–water partition coefficient (Wildman–Crippen LogP) is 7.17. The van der Waals surface area contributed by atoms with E-state index >= 15 is 0 Å².